The van der Waals surface area contributed by atoms with Crippen LogP contribution >= 0.6 is 11.6 Å². The maximum atomic E-state index is 13.6. The summed E-state index contributed by atoms with van der Waals surface area (Å²) >= 11 is 6.40. The van der Waals surface area contributed by atoms with Crippen LogP contribution in [0.5, 0.6) is 0 Å². The fraction of sp³-hybridized carbons (Fsp3) is 0.0769. The third kappa shape index (κ3) is 5.21. The number of aromatic nitrogens is 2. The molecule has 0 aliphatic carbocycles. The number of carboxylic acids is 1. The lowest BCUT2D eigenvalue weighted by atomic mass is 10.0. The Morgan fingerprint density at radius 2 is 1.74 bits per heavy atom. The number of halogens is 2. The van der Waals surface area contributed by atoms with Gasteiger partial charge in [-0.3, -0.25) is 9.59 Å². The molecule has 35 heavy (non-hydrogen) atoms. The van der Waals surface area contributed by atoms with Crippen molar-refractivity contribution >= 4 is 23.5 Å². The molecular formula is C26H18ClFN4O3. The molecule has 0 aliphatic rings. The molecule has 0 atom stereocenters. The lowest BCUT2D eigenvalue weighted by molar-refractivity contribution is -0.136. The van der Waals surface area contributed by atoms with Gasteiger partial charge in [-0.1, -0.05) is 35.9 Å². The third-order valence-corrected chi connectivity index (χ3v) is 5.58. The number of para-hydroxylation sites is 1. The van der Waals surface area contributed by atoms with Gasteiger partial charge in [0.2, 0.25) is 0 Å². The average Bonchev–Trinajstić information content (AvgIpc) is 3.22. The lowest BCUT2D eigenvalue weighted by Crippen LogP contribution is -2.25. The fourth-order valence-electron chi connectivity index (χ4n) is 3.62. The first-order valence-corrected chi connectivity index (χ1v) is 10.9. The number of amides is 1. The first-order chi connectivity index (χ1) is 16.9. The predicted molar refractivity (Wildman–Crippen MR) is 128 cm³/mol. The van der Waals surface area contributed by atoms with Crippen LogP contribution in [0.15, 0.2) is 72.8 Å². The first kappa shape index (κ1) is 23.7. The molecule has 1 amide bonds. The highest BCUT2D eigenvalue weighted by atomic mass is 35.5. The minimum atomic E-state index is -1.16. The zero-order valence-corrected chi connectivity index (χ0v) is 19.0. The van der Waals surface area contributed by atoms with Crippen molar-refractivity contribution in [1.82, 2.24) is 15.1 Å². The van der Waals surface area contributed by atoms with E-state index in [2.05, 4.69) is 10.4 Å². The molecule has 0 bridgehead atoms. The molecular weight excluding hydrogens is 471 g/mol. The van der Waals surface area contributed by atoms with Crippen molar-refractivity contribution in [1.29, 1.82) is 5.26 Å². The summed E-state index contributed by atoms with van der Waals surface area (Å²) in [5.74, 6) is -2.20. The van der Waals surface area contributed by atoms with Crippen LogP contribution in [0.1, 0.15) is 27.2 Å². The first-order valence-electron chi connectivity index (χ1n) is 10.5. The van der Waals surface area contributed by atoms with Crippen molar-refractivity contribution in [2.24, 2.45) is 0 Å². The van der Waals surface area contributed by atoms with E-state index in [0.29, 0.717) is 27.5 Å². The monoisotopic (exact) mass is 488 g/mol. The molecule has 7 nitrogen and oxygen atoms in total. The quantitative estimate of drug-likeness (QED) is 0.390. The third-order valence-electron chi connectivity index (χ3n) is 5.26. The Bertz CT molecular complexity index is 1440. The smallest absolute Gasteiger partial charge is 0.307 e. The second-order valence-electron chi connectivity index (χ2n) is 7.61. The van der Waals surface area contributed by atoms with E-state index in [1.165, 1.54) is 28.9 Å². The van der Waals surface area contributed by atoms with Crippen LogP contribution in [0.4, 0.5) is 4.39 Å². The van der Waals surface area contributed by atoms with Crippen LogP contribution in [0, 0.1) is 17.1 Å². The summed E-state index contributed by atoms with van der Waals surface area (Å²) in [6, 6.07) is 21.0. The van der Waals surface area contributed by atoms with Gasteiger partial charge in [0.05, 0.1) is 34.5 Å². The topological polar surface area (TPSA) is 108 Å². The number of carboxylic acid groups (broad SMARTS) is 1. The van der Waals surface area contributed by atoms with Crippen molar-refractivity contribution in [2.45, 2.75) is 13.0 Å². The number of nitrogens with zero attached hydrogens (tertiary/aromatic N) is 3. The van der Waals surface area contributed by atoms with E-state index in [9.17, 15) is 19.1 Å². The van der Waals surface area contributed by atoms with Crippen LogP contribution in [-0.2, 0) is 17.8 Å². The van der Waals surface area contributed by atoms with E-state index in [4.69, 9.17) is 16.9 Å². The number of rotatable bonds is 7. The van der Waals surface area contributed by atoms with Crippen LogP contribution in [0.2, 0.25) is 5.02 Å². The van der Waals surface area contributed by atoms with E-state index in [0.717, 1.165) is 5.56 Å². The number of benzene rings is 3. The highest BCUT2D eigenvalue weighted by Crippen LogP contribution is 2.32. The van der Waals surface area contributed by atoms with Crippen LogP contribution < -0.4 is 5.32 Å². The van der Waals surface area contributed by atoms with Gasteiger partial charge in [0.1, 0.15) is 5.82 Å². The minimum Gasteiger partial charge on any atom is -0.481 e. The summed E-state index contributed by atoms with van der Waals surface area (Å²) in [5, 5.41) is 26.1. The van der Waals surface area contributed by atoms with Crippen molar-refractivity contribution < 1.29 is 19.1 Å². The van der Waals surface area contributed by atoms with E-state index >= 15 is 0 Å². The van der Waals surface area contributed by atoms with Crippen LogP contribution in [0.25, 0.3) is 16.9 Å². The molecule has 3 aromatic carbocycles. The maximum Gasteiger partial charge on any atom is 0.307 e. The molecule has 174 valence electrons. The summed E-state index contributed by atoms with van der Waals surface area (Å²) in [6.45, 7) is 0.141. The molecule has 9 heteroatoms. The van der Waals surface area contributed by atoms with Gasteiger partial charge < -0.3 is 10.4 Å². The number of hydrogen-bond acceptors (Lipinski definition) is 4. The second-order valence-corrected chi connectivity index (χ2v) is 8.01. The number of carbonyl (C=O) groups excluding carboxylic acids is 1. The molecule has 2 N–H and O–H groups in total. The van der Waals surface area contributed by atoms with Gasteiger partial charge in [0.25, 0.3) is 5.91 Å². The van der Waals surface area contributed by atoms with E-state index < -0.39 is 24.1 Å². The maximum absolute atomic E-state index is 13.6. The molecule has 1 aromatic heterocycles. The van der Waals surface area contributed by atoms with Gasteiger partial charge in [-0.15, -0.1) is 0 Å². The molecule has 0 spiro atoms. The van der Waals surface area contributed by atoms with E-state index in [-0.39, 0.29) is 17.8 Å². The highest BCUT2D eigenvalue weighted by Gasteiger charge is 2.27. The molecule has 0 unspecified atom stereocenters. The lowest BCUT2D eigenvalue weighted by Gasteiger charge is -2.11. The van der Waals surface area contributed by atoms with Gasteiger partial charge in [0.15, 0.2) is 5.69 Å². The number of nitriles is 1. The summed E-state index contributed by atoms with van der Waals surface area (Å²) in [6.07, 6.45) is -0.489. The molecule has 4 rings (SSSR count). The Hall–Kier alpha value is -4.48. The summed E-state index contributed by atoms with van der Waals surface area (Å²) in [4.78, 5) is 24.9. The number of carbonyl (C=O) groups is 2. The van der Waals surface area contributed by atoms with Gasteiger partial charge in [-0.2, -0.15) is 10.4 Å². The Morgan fingerprint density at radius 1 is 1.06 bits per heavy atom. The standard InChI is InChI=1S/C26H18ClFN4O3/c27-21-3-1-2-4-22(21)32-25(18-9-11-19(28)12-10-18)20(13-23(33)34)24(31-32)26(35)30-15-17-7-5-16(14-29)6-8-17/h1-12H,13,15H2,(H,30,35)(H,33,34). The van der Waals surface area contributed by atoms with E-state index in [1.807, 2.05) is 6.07 Å². The van der Waals surface area contributed by atoms with Crippen LogP contribution in [0.3, 0.4) is 0 Å². The number of nitrogens with one attached hydrogen (secondary N) is 1. The molecule has 1 heterocycles. The zero-order chi connectivity index (χ0) is 24.9. The van der Waals surface area contributed by atoms with Crippen LogP contribution in [-0.4, -0.2) is 26.8 Å². The second kappa shape index (κ2) is 10.2. The van der Waals surface area contributed by atoms with Gasteiger partial charge in [-0.05, 0) is 54.1 Å². The SMILES string of the molecule is N#Cc1ccc(CNC(=O)c2nn(-c3ccccc3Cl)c(-c3ccc(F)cc3)c2CC(=O)O)cc1. The normalized spacial score (nSPS) is 10.5. The van der Waals surface area contributed by atoms with Crippen molar-refractivity contribution in [3.63, 3.8) is 0 Å². The predicted octanol–water partition coefficient (Wildman–Crippen LogP) is 4.76. The van der Waals surface area contributed by atoms with Gasteiger partial charge in [-0.25, -0.2) is 9.07 Å². The van der Waals surface area contributed by atoms with E-state index in [1.54, 1.807) is 48.5 Å². The molecule has 0 aliphatic heterocycles. The Labute approximate surface area is 205 Å². The summed E-state index contributed by atoms with van der Waals surface area (Å²) in [7, 11) is 0. The molecule has 0 saturated carbocycles. The largest absolute Gasteiger partial charge is 0.481 e. The summed E-state index contributed by atoms with van der Waals surface area (Å²) < 4.78 is 15.0. The molecule has 0 fully saturated rings. The Balaban J connectivity index is 1.81. The molecule has 0 saturated heterocycles. The van der Waals surface area contributed by atoms with Crippen molar-refractivity contribution in [2.75, 3.05) is 0 Å². The van der Waals surface area contributed by atoms with Gasteiger partial charge >= 0.3 is 5.97 Å². The highest BCUT2D eigenvalue weighted by molar-refractivity contribution is 6.32. The number of hydrogen-bond donors (Lipinski definition) is 2. The van der Waals surface area contributed by atoms with Crippen molar-refractivity contribution in [3.8, 4) is 23.0 Å². The number of aliphatic carboxylic acids is 1. The fourth-order valence-corrected chi connectivity index (χ4v) is 3.83. The Morgan fingerprint density at radius 3 is 2.37 bits per heavy atom. The minimum absolute atomic E-state index is 0.0831. The average molecular weight is 489 g/mol. The summed E-state index contributed by atoms with van der Waals surface area (Å²) in [5.41, 5.74) is 2.56. The van der Waals surface area contributed by atoms with Crippen molar-refractivity contribution in [3.05, 3.63) is 106 Å². The zero-order valence-electron chi connectivity index (χ0n) is 18.2. The molecule has 4 aromatic rings. The van der Waals surface area contributed by atoms with Gasteiger partial charge in [0, 0.05) is 17.7 Å². The molecule has 0 radical (unpaired) electrons. The Kier molecular flexibility index (Phi) is 6.90.